The number of aliphatic hydroxyl groups excluding tert-OH is 3. The average molecular weight is 826 g/mol. The summed E-state index contributed by atoms with van der Waals surface area (Å²) >= 11 is 0. The van der Waals surface area contributed by atoms with E-state index in [1.54, 1.807) is 12.2 Å². The molecule has 1 aliphatic carbocycles. The van der Waals surface area contributed by atoms with Crippen molar-refractivity contribution in [2.24, 2.45) is 17.6 Å². The summed E-state index contributed by atoms with van der Waals surface area (Å²) in [5.41, 5.74) is 5.32. The van der Waals surface area contributed by atoms with Gasteiger partial charge in [-0.2, -0.15) is 0 Å². The van der Waals surface area contributed by atoms with Crippen LogP contribution < -0.4 is 5.73 Å². The van der Waals surface area contributed by atoms with E-state index in [1.807, 2.05) is 0 Å². The van der Waals surface area contributed by atoms with E-state index in [4.69, 9.17) is 24.3 Å². The number of unbranched alkanes of at least 4 members (excludes halogenated alkanes) is 5. The maximum Gasteiger partial charge on any atom is 0.472 e. The summed E-state index contributed by atoms with van der Waals surface area (Å²) in [7, 11) is -4.48. The second-order valence-electron chi connectivity index (χ2n) is 14.4. The van der Waals surface area contributed by atoms with Crippen LogP contribution in [0.4, 0.5) is 0 Å². The van der Waals surface area contributed by atoms with Crippen molar-refractivity contribution in [2.45, 2.75) is 154 Å². The Kier molecular flexibility index (Phi) is 30.4. The van der Waals surface area contributed by atoms with Gasteiger partial charge in [-0.3, -0.25) is 23.4 Å². The van der Waals surface area contributed by atoms with Crippen LogP contribution in [0, 0.1) is 11.8 Å². The van der Waals surface area contributed by atoms with Crippen LogP contribution in [-0.4, -0.2) is 88.7 Å². The number of esters is 2. The Hall–Kier alpha value is -2.74. The number of nitrogens with two attached hydrogens (primary N) is 1. The largest absolute Gasteiger partial charge is 0.472 e. The molecule has 0 spiro atoms. The molecule has 1 rings (SSSR count). The number of rotatable bonds is 34. The zero-order valence-electron chi connectivity index (χ0n) is 34.4. The van der Waals surface area contributed by atoms with Crippen molar-refractivity contribution in [1.29, 1.82) is 0 Å². The number of carbonyl (C=O) groups is 3. The van der Waals surface area contributed by atoms with Crippen molar-refractivity contribution in [3.63, 3.8) is 0 Å². The lowest BCUT2D eigenvalue weighted by molar-refractivity contribution is -0.161. The first-order valence-electron chi connectivity index (χ1n) is 20.9. The van der Waals surface area contributed by atoms with E-state index in [9.17, 15) is 39.2 Å². The van der Waals surface area contributed by atoms with Crippen LogP contribution in [0.2, 0.25) is 0 Å². The van der Waals surface area contributed by atoms with Crippen molar-refractivity contribution < 1.29 is 57.7 Å². The minimum absolute atomic E-state index is 0.00969. The highest BCUT2D eigenvalue weighted by Gasteiger charge is 2.41. The van der Waals surface area contributed by atoms with Gasteiger partial charge in [0.25, 0.3) is 0 Å². The highest BCUT2D eigenvalue weighted by molar-refractivity contribution is 7.47. The van der Waals surface area contributed by atoms with Crippen LogP contribution >= 0.6 is 7.82 Å². The molecule has 0 aromatic carbocycles. The molecule has 0 saturated heterocycles. The van der Waals surface area contributed by atoms with Gasteiger partial charge in [-0.1, -0.05) is 93.9 Å². The van der Waals surface area contributed by atoms with Crippen LogP contribution in [0.3, 0.4) is 0 Å². The second kappa shape index (κ2) is 33.1. The lowest BCUT2D eigenvalue weighted by Crippen LogP contribution is -2.29. The molecular weight excluding hydrogens is 753 g/mol. The van der Waals surface area contributed by atoms with Crippen LogP contribution in [0.1, 0.15) is 129 Å². The van der Waals surface area contributed by atoms with Crippen molar-refractivity contribution in [3.05, 3.63) is 60.8 Å². The van der Waals surface area contributed by atoms with Crippen molar-refractivity contribution in [3.8, 4) is 0 Å². The van der Waals surface area contributed by atoms with Gasteiger partial charge in [-0.05, 0) is 64.2 Å². The molecule has 0 aromatic heterocycles. The number of hydrogen-bond donors (Lipinski definition) is 5. The number of allylic oxidation sites excluding steroid dienone is 8. The maximum absolute atomic E-state index is 12.8. The molecule has 0 amide bonds. The fraction of sp³-hybridized carbons (Fsp3) is 0.698. The molecule has 57 heavy (non-hydrogen) atoms. The van der Waals surface area contributed by atoms with Crippen molar-refractivity contribution >= 4 is 25.5 Å². The standard InChI is InChI=1S/C43H72NO12P/c1-3-5-7-8-9-10-11-12-13-14-15-16-17-18-20-26-43(50)56-37(34-55-57(51,52)54-30-29-44)33-53-42(49)25-22-21-24-36(46)31-39-38(40(47)32-41(39)48)28-27-35(45)23-19-6-4-2/h5,7,9-10,12-13,15-16,27-28,35,37-41,45,47-48H,3-4,6,8,11,14,17-26,29-34,44H2,1-2H3,(H,51,52)/b7-5-,10-9-,13-12-,16-15-,28-27+/t35-,37+,38+,39+,40+,41-/m0/s1. The molecule has 1 aliphatic rings. The SMILES string of the molecule is CC/C=C\C/C=C\C/C=C\C/C=C\CCCCC(=O)O[C@H](COC(=O)CCCCC(=O)C[C@@H]1[C@@H](/C=C/[C@@H](O)CCCCC)[C@H](O)C[C@@H]1O)COP(=O)(O)OCCN. The van der Waals surface area contributed by atoms with Crippen LogP contribution in [0.25, 0.3) is 0 Å². The van der Waals surface area contributed by atoms with Gasteiger partial charge in [0.15, 0.2) is 6.10 Å². The van der Waals surface area contributed by atoms with E-state index in [0.717, 1.165) is 57.8 Å². The number of Topliss-reactive ketones (excluding diaryl/α,β-unsaturated/α-hetero) is 1. The van der Waals surface area contributed by atoms with Crippen LogP contribution in [-0.2, 0) is 37.5 Å². The molecule has 0 aromatic rings. The van der Waals surface area contributed by atoms with E-state index in [1.165, 1.54) is 0 Å². The molecule has 0 heterocycles. The summed E-state index contributed by atoms with van der Waals surface area (Å²) in [4.78, 5) is 47.8. The van der Waals surface area contributed by atoms with Gasteiger partial charge in [0, 0.05) is 50.5 Å². The first kappa shape index (κ1) is 52.3. The monoisotopic (exact) mass is 825 g/mol. The molecule has 14 heteroatoms. The van der Waals surface area contributed by atoms with E-state index in [-0.39, 0.29) is 51.0 Å². The normalized spacial score (nSPS) is 21.0. The zero-order chi connectivity index (χ0) is 42.2. The van der Waals surface area contributed by atoms with Gasteiger partial charge in [-0.15, -0.1) is 0 Å². The first-order valence-corrected chi connectivity index (χ1v) is 22.4. The Morgan fingerprint density at radius 3 is 2.09 bits per heavy atom. The third kappa shape index (κ3) is 27.6. The van der Waals surface area contributed by atoms with Gasteiger partial charge in [0.05, 0.1) is 31.5 Å². The highest BCUT2D eigenvalue weighted by Crippen LogP contribution is 2.43. The smallest absolute Gasteiger partial charge is 0.462 e. The zero-order valence-corrected chi connectivity index (χ0v) is 35.3. The number of phosphoric ester groups is 1. The summed E-state index contributed by atoms with van der Waals surface area (Å²) in [5.74, 6) is -2.17. The Morgan fingerprint density at radius 2 is 1.42 bits per heavy atom. The van der Waals surface area contributed by atoms with Crippen LogP contribution in [0.15, 0.2) is 60.8 Å². The molecule has 1 unspecified atom stereocenters. The molecule has 0 bridgehead atoms. The first-order chi connectivity index (χ1) is 27.4. The van der Waals surface area contributed by atoms with Gasteiger partial charge in [0.1, 0.15) is 12.4 Å². The third-order valence-corrected chi connectivity index (χ3v) is 10.4. The van der Waals surface area contributed by atoms with E-state index < -0.39 is 69.2 Å². The lowest BCUT2D eigenvalue weighted by atomic mass is 9.87. The minimum atomic E-state index is -4.48. The van der Waals surface area contributed by atoms with Gasteiger partial charge < -0.3 is 35.4 Å². The molecule has 7 atom stereocenters. The quantitative estimate of drug-likeness (QED) is 0.0187. The number of aliphatic hydroxyl groups is 3. The number of carbonyl (C=O) groups excluding carboxylic acids is 3. The number of phosphoric acid groups is 1. The Morgan fingerprint density at radius 1 is 0.789 bits per heavy atom. The summed E-state index contributed by atoms with van der Waals surface area (Å²) < 4.78 is 32.6. The summed E-state index contributed by atoms with van der Waals surface area (Å²) in [6.45, 7) is 3.00. The van der Waals surface area contributed by atoms with Crippen LogP contribution in [0.5, 0.6) is 0 Å². The molecular formula is C43H72NO12P. The fourth-order valence-electron chi connectivity index (χ4n) is 6.21. The summed E-state index contributed by atoms with van der Waals surface area (Å²) in [5, 5.41) is 31.2. The number of hydrogen-bond acceptors (Lipinski definition) is 12. The molecule has 1 fully saturated rings. The van der Waals surface area contributed by atoms with Crippen molar-refractivity contribution in [2.75, 3.05) is 26.4 Å². The van der Waals surface area contributed by atoms with Gasteiger partial charge in [0.2, 0.25) is 0 Å². The van der Waals surface area contributed by atoms with E-state index in [2.05, 4.69) is 62.5 Å². The van der Waals surface area contributed by atoms with E-state index in [0.29, 0.717) is 25.7 Å². The van der Waals surface area contributed by atoms with Gasteiger partial charge >= 0.3 is 19.8 Å². The molecule has 1 saturated carbocycles. The van der Waals surface area contributed by atoms with Crippen molar-refractivity contribution in [1.82, 2.24) is 0 Å². The predicted octanol–water partition coefficient (Wildman–Crippen LogP) is 7.27. The average Bonchev–Trinajstić information content (AvgIpc) is 3.44. The molecule has 6 N–H and O–H groups in total. The number of ketones is 1. The Labute approximate surface area is 341 Å². The summed E-state index contributed by atoms with van der Waals surface area (Å²) in [6.07, 6.45) is 27.5. The Balaban J connectivity index is 2.48. The maximum atomic E-state index is 12.8. The minimum Gasteiger partial charge on any atom is -0.462 e. The highest BCUT2D eigenvalue weighted by atomic mass is 31.2. The molecule has 0 aliphatic heterocycles. The molecule has 0 radical (unpaired) electrons. The molecule has 13 nitrogen and oxygen atoms in total. The fourth-order valence-corrected chi connectivity index (χ4v) is 6.97. The Bertz CT molecular complexity index is 1300. The second-order valence-corrected chi connectivity index (χ2v) is 15.9. The van der Waals surface area contributed by atoms with E-state index >= 15 is 0 Å². The van der Waals surface area contributed by atoms with Gasteiger partial charge in [-0.25, -0.2) is 4.57 Å². The topological polar surface area (TPSA) is 212 Å². The number of ether oxygens (including phenoxy) is 2. The molecule has 326 valence electrons. The lowest BCUT2D eigenvalue weighted by Gasteiger charge is -2.20. The predicted molar refractivity (Wildman–Crippen MR) is 222 cm³/mol. The summed E-state index contributed by atoms with van der Waals surface area (Å²) in [6, 6.07) is 0. The third-order valence-electron chi connectivity index (χ3n) is 9.37.